The molecule has 3 rings (SSSR count). The van der Waals surface area contributed by atoms with Crippen LogP contribution in [0.4, 0.5) is 5.69 Å². The van der Waals surface area contributed by atoms with E-state index in [-0.39, 0.29) is 10.9 Å². The van der Waals surface area contributed by atoms with Crippen molar-refractivity contribution in [3.8, 4) is 0 Å². The molecule has 1 aliphatic heterocycles. The third kappa shape index (κ3) is 3.83. The van der Waals surface area contributed by atoms with Gasteiger partial charge in [-0.25, -0.2) is 13.2 Å². The molecule has 0 aromatic heterocycles. The normalized spacial score (nSPS) is 18.0. The first-order valence-electron chi connectivity index (χ1n) is 8.16. The predicted octanol–water partition coefficient (Wildman–Crippen LogP) is 3.05. The summed E-state index contributed by atoms with van der Waals surface area (Å²) < 4.78 is 32.5. The van der Waals surface area contributed by atoms with Crippen molar-refractivity contribution in [2.45, 2.75) is 30.8 Å². The van der Waals surface area contributed by atoms with Crippen LogP contribution in [0.3, 0.4) is 0 Å². The first kappa shape index (κ1) is 17.4. The Bertz CT molecular complexity index is 863. The molecule has 0 bridgehead atoms. The molecule has 2 aromatic rings. The third-order valence-electron chi connectivity index (χ3n) is 3.96. The van der Waals surface area contributed by atoms with Gasteiger partial charge in [-0.3, -0.25) is 0 Å². The zero-order valence-corrected chi connectivity index (χ0v) is 14.7. The molecule has 7 heteroatoms. The molecule has 0 radical (unpaired) electrons. The van der Waals surface area contributed by atoms with E-state index in [1.807, 2.05) is 6.92 Å². The van der Waals surface area contributed by atoms with Gasteiger partial charge < -0.3 is 10.1 Å². The van der Waals surface area contributed by atoms with Gasteiger partial charge in [0.2, 0.25) is 10.0 Å². The van der Waals surface area contributed by atoms with Gasteiger partial charge in [0.1, 0.15) is 11.1 Å². The molecule has 0 saturated heterocycles. The maximum Gasteiger partial charge on any atom is 0.338 e. The van der Waals surface area contributed by atoms with Crippen LogP contribution < -0.4 is 10.0 Å². The van der Waals surface area contributed by atoms with Crippen LogP contribution in [0, 0.1) is 0 Å². The molecule has 1 atom stereocenters. The summed E-state index contributed by atoms with van der Waals surface area (Å²) in [6, 6.07) is 13.4. The summed E-state index contributed by atoms with van der Waals surface area (Å²) >= 11 is 0. The smallest absolute Gasteiger partial charge is 0.338 e. The number of carbonyl (C=O) groups excluding carboxylic acids is 1. The number of para-hydroxylation sites is 1. The number of unbranched alkanes of at least 4 members (excludes halogenated alkanes) is 1. The van der Waals surface area contributed by atoms with Crippen molar-refractivity contribution in [1.82, 2.24) is 4.72 Å². The summed E-state index contributed by atoms with van der Waals surface area (Å²) in [6.07, 6.45) is 1.20. The second-order valence-electron chi connectivity index (χ2n) is 5.81. The second kappa shape index (κ2) is 7.25. The van der Waals surface area contributed by atoms with Crippen LogP contribution in [0.1, 0.15) is 41.9 Å². The number of esters is 1. The topological polar surface area (TPSA) is 84.5 Å². The quantitative estimate of drug-likeness (QED) is 0.632. The van der Waals surface area contributed by atoms with E-state index in [4.69, 9.17) is 4.74 Å². The van der Waals surface area contributed by atoms with E-state index in [9.17, 15) is 13.2 Å². The maximum atomic E-state index is 12.4. The standard InChI is InChI=1S/C18H20N2O4S/c1-2-3-12-24-18(21)14-10-8-13(9-11-14)17-19-15-6-4-5-7-16(15)25(22,23)20-17/h4-11,17,19-20H,2-3,12H2,1H3/t17-/m1/s1. The molecule has 0 spiro atoms. The SMILES string of the molecule is CCCCOC(=O)c1ccc([C@@H]2Nc3ccccc3S(=O)(=O)N2)cc1. The number of nitrogens with one attached hydrogen (secondary N) is 2. The van der Waals surface area contributed by atoms with E-state index in [0.717, 1.165) is 12.8 Å². The third-order valence-corrected chi connectivity index (χ3v) is 5.44. The van der Waals surface area contributed by atoms with E-state index in [2.05, 4.69) is 10.0 Å². The number of benzene rings is 2. The number of hydrogen-bond acceptors (Lipinski definition) is 5. The lowest BCUT2D eigenvalue weighted by Gasteiger charge is -2.28. The van der Waals surface area contributed by atoms with Gasteiger partial charge in [-0.05, 0) is 36.2 Å². The van der Waals surface area contributed by atoms with Gasteiger partial charge >= 0.3 is 5.97 Å². The van der Waals surface area contributed by atoms with Crippen LogP contribution in [-0.4, -0.2) is 21.0 Å². The molecule has 2 N–H and O–H groups in total. The second-order valence-corrected chi connectivity index (χ2v) is 7.49. The van der Waals surface area contributed by atoms with Gasteiger partial charge in [0.05, 0.1) is 17.9 Å². The van der Waals surface area contributed by atoms with Crippen LogP contribution in [0.15, 0.2) is 53.4 Å². The first-order chi connectivity index (χ1) is 12.0. The minimum absolute atomic E-state index is 0.224. The highest BCUT2D eigenvalue weighted by atomic mass is 32.2. The van der Waals surface area contributed by atoms with Crippen LogP contribution in [0.5, 0.6) is 0 Å². The molecule has 25 heavy (non-hydrogen) atoms. The maximum absolute atomic E-state index is 12.4. The largest absolute Gasteiger partial charge is 0.462 e. The number of ether oxygens (including phenoxy) is 1. The van der Waals surface area contributed by atoms with Gasteiger partial charge in [-0.2, -0.15) is 4.72 Å². The Hall–Kier alpha value is -2.38. The molecule has 0 fully saturated rings. The Kier molecular flexibility index (Phi) is 5.06. The van der Waals surface area contributed by atoms with Crippen LogP contribution >= 0.6 is 0 Å². The monoisotopic (exact) mass is 360 g/mol. The van der Waals surface area contributed by atoms with Gasteiger partial charge in [0.15, 0.2) is 0 Å². The summed E-state index contributed by atoms with van der Waals surface area (Å²) in [5.41, 5.74) is 1.71. The van der Waals surface area contributed by atoms with E-state index >= 15 is 0 Å². The van der Waals surface area contributed by atoms with Crippen molar-refractivity contribution >= 4 is 21.7 Å². The molecule has 1 aliphatic rings. The molecule has 1 heterocycles. The van der Waals surface area contributed by atoms with Crippen LogP contribution in [0.25, 0.3) is 0 Å². The van der Waals surface area contributed by atoms with Crippen molar-refractivity contribution in [3.63, 3.8) is 0 Å². The van der Waals surface area contributed by atoms with E-state index < -0.39 is 16.2 Å². The van der Waals surface area contributed by atoms with Crippen LogP contribution in [0.2, 0.25) is 0 Å². The highest BCUT2D eigenvalue weighted by Gasteiger charge is 2.29. The molecule has 0 aliphatic carbocycles. The molecule has 2 aromatic carbocycles. The molecular weight excluding hydrogens is 340 g/mol. The van der Waals surface area contributed by atoms with Crippen LogP contribution in [-0.2, 0) is 14.8 Å². The molecule has 6 nitrogen and oxygen atoms in total. The van der Waals surface area contributed by atoms with Crippen molar-refractivity contribution < 1.29 is 17.9 Å². The lowest BCUT2D eigenvalue weighted by atomic mass is 10.1. The Morgan fingerprint density at radius 1 is 1.12 bits per heavy atom. The number of fused-ring (bicyclic) bond motifs is 1. The summed E-state index contributed by atoms with van der Waals surface area (Å²) in [5, 5.41) is 3.15. The minimum Gasteiger partial charge on any atom is -0.462 e. The molecule has 0 amide bonds. The van der Waals surface area contributed by atoms with E-state index in [0.29, 0.717) is 23.4 Å². The summed E-state index contributed by atoms with van der Waals surface area (Å²) in [7, 11) is -3.58. The highest BCUT2D eigenvalue weighted by Crippen LogP contribution is 2.30. The fourth-order valence-corrected chi connectivity index (χ4v) is 3.89. The lowest BCUT2D eigenvalue weighted by molar-refractivity contribution is 0.0499. The minimum atomic E-state index is -3.58. The Morgan fingerprint density at radius 2 is 1.84 bits per heavy atom. The van der Waals surface area contributed by atoms with Gasteiger partial charge in [-0.1, -0.05) is 37.6 Å². The Morgan fingerprint density at radius 3 is 2.56 bits per heavy atom. The summed E-state index contributed by atoms with van der Waals surface area (Å²) in [4.78, 5) is 12.1. The zero-order chi connectivity index (χ0) is 17.9. The van der Waals surface area contributed by atoms with Gasteiger partial charge in [0, 0.05) is 0 Å². The average molecular weight is 360 g/mol. The van der Waals surface area contributed by atoms with E-state index in [1.54, 1.807) is 48.5 Å². The zero-order valence-electron chi connectivity index (χ0n) is 13.9. The molecular formula is C18H20N2O4S. The van der Waals surface area contributed by atoms with Crippen molar-refractivity contribution in [3.05, 3.63) is 59.7 Å². The number of sulfonamides is 1. The Labute approximate surface area is 147 Å². The fourth-order valence-electron chi connectivity index (χ4n) is 2.58. The predicted molar refractivity (Wildman–Crippen MR) is 94.8 cm³/mol. The van der Waals surface area contributed by atoms with Crippen molar-refractivity contribution in [2.75, 3.05) is 11.9 Å². The number of hydrogen-bond donors (Lipinski definition) is 2. The number of carbonyl (C=O) groups is 1. The van der Waals surface area contributed by atoms with Gasteiger partial charge in [-0.15, -0.1) is 0 Å². The molecule has 0 saturated carbocycles. The first-order valence-corrected chi connectivity index (χ1v) is 9.64. The van der Waals surface area contributed by atoms with Crippen molar-refractivity contribution in [1.29, 1.82) is 0 Å². The average Bonchev–Trinajstić information content (AvgIpc) is 2.61. The summed E-state index contributed by atoms with van der Waals surface area (Å²) in [5.74, 6) is -0.373. The van der Waals surface area contributed by atoms with Gasteiger partial charge in [0.25, 0.3) is 0 Å². The number of rotatable bonds is 5. The molecule has 0 unspecified atom stereocenters. The Balaban J connectivity index is 1.76. The molecule has 132 valence electrons. The van der Waals surface area contributed by atoms with Crippen molar-refractivity contribution in [2.24, 2.45) is 0 Å². The van der Waals surface area contributed by atoms with E-state index in [1.165, 1.54) is 0 Å². The fraction of sp³-hybridized carbons (Fsp3) is 0.278. The number of anilines is 1. The lowest BCUT2D eigenvalue weighted by Crippen LogP contribution is -2.38. The highest BCUT2D eigenvalue weighted by molar-refractivity contribution is 7.89. The summed E-state index contributed by atoms with van der Waals surface area (Å²) in [6.45, 7) is 2.43.